The number of unbranched alkanes of at least 4 members (excludes halogenated alkanes) is 16. The Balaban J connectivity index is -0.00000142. The zero-order valence-electron chi connectivity index (χ0n) is 26.3. The molecule has 236 valence electrons. The topological polar surface area (TPSA) is 83.8 Å². The van der Waals surface area contributed by atoms with Crippen LogP contribution in [0.5, 0.6) is 0 Å². The predicted molar refractivity (Wildman–Crippen MR) is 162 cm³/mol. The average molecular weight is 598 g/mol. The van der Waals surface area contributed by atoms with Gasteiger partial charge in [-0.3, -0.25) is 4.52 Å². The predicted octanol–water partition coefficient (Wildman–Crippen LogP) is 5.91. The minimum absolute atomic E-state index is 0. The van der Waals surface area contributed by atoms with Crippen LogP contribution in [0.1, 0.15) is 142 Å². The molecule has 0 aliphatic rings. The van der Waals surface area contributed by atoms with E-state index in [2.05, 4.69) is 51.7 Å². The molecule has 2 N–H and O–H groups in total. The summed E-state index contributed by atoms with van der Waals surface area (Å²) in [5.74, 6) is 0. The van der Waals surface area contributed by atoms with Gasteiger partial charge in [-0.1, -0.05) is 116 Å². The molecular weight excluding hydrogens is 533 g/mol. The number of halogens is 1. The molecule has 0 aromatic heterocycles. The van der Waals surface area contributed by atoms with Crippen LogP contribution in [0.4, 0.5) is 0 Å². The van der Waals surface area contributed by atoms with Crippen LogP contribution in [0.25, 0.3) is 0 Å². The highest BCUT2D eigenvalue weighted by molar-refractivity contribution is 7.24. The number of hydrogen-bond donors (Lipinski definition) is 2. The van der Waals surface area contributed by atoms with Gasteiger partial charge < -0.3 is 27.1 Å². The Labute approximate surface area is 249 Å². The zero-order chi connectivity index (χ0) is 28.9. The van der Waals surface area contributed by atoms with Crippen molar-refractivity contribution in [3.8, 4) is 0 Å². The quantitative estimate of drug-likeness (QED) is 0.0561. The van der Waals surface area contributed by atoms with E-state index < -0.39 is 26.7 Å². The lowest BCUT2D eigenvalue weighted by molar-refractivity contribution is -0.870. The number of hydrogen-bond acceptors (Lipinski definition) is 5. The summed E-state index contributed by atoms with van der Waals surface area (Å²) < 4.78 is 27.1. The van der Waals surface area contributed by atoms with Crippen molar-refractivity contribution in [1.29, 1.82) is 0 Å². The van der Waals surface area contributed by atoms with Crippen molar-refractivity contribution in [3.05, 3.63) is 12.2 Å². The Morgan fingerprint density at radius 1 is 0.692 bits per heavy atom. The van der Waals surface area contributed by atoms with Gasteiger partial charge in [0.25, 0.3) is 0 Å². The highest BCUT2D eigenvalue weighted by Crippen LogP contribution is 2.20. The normalized spacial score (nSPS) is 13.0. The lowest BCUT2D eigenvalue weighted by Crippen LogP contribution is -3.00. The maximum Gasteiger partial charge on any atom is 0.468 e. The van der Waals surface area contributed by atoms with E-state index in [4.69, 9.17) is 5.11 Å². The fourth-order valence-corrected chi connectivity index (χ4v) is 4.98. The first-order valence-corrected chi connectivity index (χ1v) is 16.8. The third-order valence-corrected chi connectivity index (χ3v) is 7.18. The van der Waals surface area contributed by atoms with Gasteiger partial charge in [-0.25, -0.2) is 9.13 Å². The molecule has 0 bridgehead atoms. The van der Waals surface area contributed by atoms with E-state index in [1.54, 1.807) is 0 Å². The molecule has 6 nitrogen and oxygen atoms in total. The SMILES string of the molecule is CCCCCCCCC=CCCCCCCCCCCCCC(OP(=O)=O)C(O)CO.CCC[N+](C)(C)C.[Cl-]. The van der Waals surface area contributed by atoms with E-state index in [0.29, 0.717) is 6.42 Å². The molecule has 0 fully saturated rings. The van der Waals surface area contributed by atoms with E-state index in [1.807, 2.05) is 0 Å². The van der Waals surface area contributed by atoms with Crippen molar-refractivity contribution < 1.29 is 40.8 Å². The first-order chi connectivity index (χ1) is 18.2. The molecule has 0 heterocycles. The zero-order valence-corrected chi connectivity index (χ0v) is 27.9. The van der Waals surface area contributed by atoms with Crippen LogP contribution in [0.2, 0.25) is 0 Å². The second-order valence-electron chi connectivity index (χ2n) is 11.8. The Kier molecular flexibility index (Phi) is 35.8. The summed E-state index contributed by atoms with van der Waals surface area (Å²) in [7, 11) is 3.64. The monoisotopic (exact) mass is 597 g/mol. The Hall–Kier alpha value is -0.230. The molecule has 0 aromatic carbocycles. The Morgan fingerprint density at radius 2 is 1.10 bits per heavy atom. The van der Waals surface area contributed by atoms with Crippen LogP contribution in [0.15, 0.2) is 12.2 Å². The molecular formula is C31H65ClNO5P. The molecule has 8 heteroatoms. The van der Waals surface area contributed by atoms with Crippen molar-refractivity contribution >= 4 is 7.91 Å². The maximum absolute atomic E-state index is 10.7. The van der Waals surface area contributed by atoms with Crippen molar-refractivity contribution in [3.63, 3.8) is 0 Å². The summed E-state index contributed by atoms with van der Waals surface area (Å²) in [6.45, 7) is 5.27. The van der Waals surface area contributed by atoms with Crippen molar-refractivity contribution in [2.45, 2.75) is 154 Å². The number of allylic oxidation sites excluding steroid dienone is 2. The van der Waals surface area contributed by atoms with Gasteiger partial charge in [0, 0.05) is 0 Å². The van der Waals surface area contributed by atoms with Crippen molar-refractivity contribution in [2.75, 3.05) is 34.3 Å². The van der Waals surface area contributed by atoms with Crippen molar-refractivity contribution in [1.82, 2.24) is 0 Å². The summed E-state index contributed by atoms with van der Waals surface area (Å²) in [4.78, 5) is 0. The van der Waals surface area contributed by atoms with E-state index in [9.17, 15) is 14.2 Å². The molecule has 0 rings (SSSR count). The average Bonchev–Trinajstić information content (AvgIpc) is 2.85. The Bertz CT molecular complexity index is 574. The Morgan fingerprint density at radius 3 is 1.44 bits per heavy atom. The molecule has 0 aliphatic carbocycles. The fourth-order valence-electron chi connectivity index (χ4n) is 4.51. The van der Waals surface area contributed by atoms with Crippen LogP contribution in [0.3, 0.4) is 0 Å². The summed E-state index contributed by atoms with van der Waals surface area (Å²) in [6, 6.07) is 0. The first-order valence-electron chi connectivity index (χ1n) is 15.7. The van der Waals surface area contributed by atoms with Gasteiger partial charge in [0.1, 0.15) is 12.2 Å². The summed E-state index contributed by atoms with van der Waals surface area (Å²) in [6.07, 6.45) is 27.2. The largest absolute Gasteiger partial charge is 1.00 e. The van der Waals surface area contributed by atoms with Gasteiger partial charge >= 0.3 is 7.91 Å². The lowest BCUT2D eigenvalue weighted by atomic mass is 10.0. The summed E-state index contributed by atoms with van der Waals surface area (Å²) in [5.41, 5.74) is 0. The fraction of sp³-hybridized carbons (Fsp3) is 0.935. The van der Waals surface area contributed by atoms with Crippen LogP contribution >= 0.6 is 7.91 Å². The highest BCUT2D eigenvalue weighted by atomic mass is 35.5. The molecule has 39 heavy (non-hydrogen) atoms. The highest BCUT2D eigenvalue weighted by Gasteiger charge is 2.20. The second kappa shape index (κ2) is 32.3. The maximum atomic E-state index is 10.7. The lowest BCUT2D eigenvalue weighted by Gasteiger charge is -2.22. The molecule has 2 unspecified atom stereocenters. The van der Waals surface area contributed by atoms with Gasteiger partial charge in [0.05, 0.1) is 34.3 Å². The molecule has 2 atom stereocenters. The molecule has 0 aliphatic heterocycles. The van der Waals surface area contributed by atoms with Gasteiger partial charge in [-0.15, -0.1) is 0 Å². The first kappa shape index (κ1) is 43.2. The number of nitrogens with zero attached hydrogens (tertiary/aromatic N) is 1. The number of aliphatic hydroxyl groups excluding tert-OH is 2. The van der Waals surface area contributed by atoms with E-state index in [1.165, 1.54) is 109 Å². The molecule has 0 saturated heterocycles. The molecule has 0 radical (unpaired) electrons. The standard InChI is InChI=1S/C25H49O5P.C6H16N.ClH/c1-2-3-4-5-6-7-8-9-10-11-12-13-14-15-16-17-18-19-20-21-22-25(24(27)23-26)30-31(28)29;1-5-6-7(2,3)4;/h9-10,24-27H,2-8,11-23H2,1H3;5-6H2,1-4H3;1H/q;+1;/p-1. The molecule has 0 aromatic rings. The van der Waals surface area contributed by atoms with Gasteiger partial charge in [0.2, 0.25) is 0 Å². The molecule has 0 spiro atoms. The van der Waals surface area contributed by atoms with Crippen molar-refractivity contribution in [2.24, 2.45) is 0 Å². The van der Waals surface area contributed by atoms with Crippen LogP contribution < -0.4 is 12.4 Å². The molecule has 0 saturated carbocycles. The van der Waals surface area contributed by atoms with Gasteiger partial charge in [-0.05, 0) is 38.5 Å². The minimum atomic E-state index is -3.00. The minimum Gasteiger partial charge on any atom is -1.00 e. The number of quaternary nitrogens is 1. The van der Waals surface area contributed by atoms with E-state index in [0.717, 1.165) is 23.7 Å². The molecule has 0 amide bonds. The smallest absolute Gasteiger partial charge is 0.468 e. The van der Waals surface area contributed by atoms with E-state index in [-0.39, 0.29) is 12.4 Å². The van der Waals surface area contributed by atoms with Gasteiger partial charge in [0.15, 0.2) is 0 Å². The van der Waals surface area contributed by atoms with Crippen LogP contribution in [-0.2, 0) is 13.7 Å². The van der Waals surface area contributed by atoms with Gasteiger partial charge in [-0.2, -0.15) is 0 Å². The number of rotatable bonds is 26. The second-order valence-corrected chi connectivity index (χ2v) is 12.4. The van der Waals surface area contributed by atoms with E-state index >= 15 is 0 Å². The third kappa shape index (κ3) is 37.8. The summed E-state index contributed by atoms with van der Waals surface area (Å²) >= 11 is 0. The summed E-state index contributed by atoms with van der Waals surface area (Å²) in [5, 5.41) is 18.5. The number of aliphatic hydroxyl groups is 2. The van der Waals surface area contributed by atoms with Crippen LogP contribution in [0, 0.1) is 0 Å². The third-order valence-electron chi connectivity index (χ3n) is 6.73. The van der Waals surface area contributed by atoms with Crippen LogP contribution in [-0.4, -0.2) is 61.2 Å².